The van der Waals surface area contributed by atoms with E-state index < -0.39 is 0 Å². The molecule has 11 heteroatoms. The molecule has 11 nitrogen and oxygen atoms in total. The summed E-state index contributed by atoms with van der Waals surface area (Å²) in [4.78, 5) is 43.4. The summed E-state index contributed by atoms with van der Waals surface area (Å²) in [6.07, 6.45) is 6.41. The van der Waals surface area contributed by atoms with Gasteiger partial charge in [0.2, 0.25) is 5.91 Å². The number of rotatable bonds is 7. The number of aliphatic imine (C=N–C) groups is 1. The van der Waals surface area contributed by atoms with Crippen LogP contribution < -0.4 is 21.5 Å². The molecule has 2 aliphatic heterocycles. The average molecular weight is 585 g/mol. The molecular weight excluding hydrogens is 544 g/mol. The summed E-state index contributed by atoms with van der Waals surface area (Å²) >= 11 is 0. The molecule has 2 amide bonds. The Morgan fingerprint density at radius 3 is 2.37 bits per heavy atom. The van der Waals surface area contributed by atoms with Gasteiger partial charge in [0.15, 0.2) is 0 Å². The molecule has 2 fully saturated rings. The predicted octanol–water partition coefficient (Wildman–Crippen LogP) is 3.84. The fourth-order valence-electron chi connectivity index (χ4n) is 5.56. The number of likely N-dealkylation sites (tertiary alicyclic amines) is 2. The van der Waals surface area contributed by atoms with Gasteiger partial charge in [-0.25, -0.2) is 9.97 Å². The van der Waals surface area contributed by atoms with Crippen molar-refractivity contribution >= 4 is 29.3 Å². The van der Waals surface area contributed by atoms with Crippen molar-refractivity contribution in [2.45, 2.75) is 45.6 Å². The predicted molar refractivity (Wildman–Crippen MR) is 167 cm³/mol. The number of benzene rings is 1. The molecule has 1 aromatic carbocycles. The van der Waals surface area contributed by atoms with Crippen LogP contribution in [0.4, 0.5) is 11.6 Å². The quantitative estimate of drug-likeness (QED) is 0.280. The van der Waals surface area contributed by atoms with Crippen molar-refractivity contribution in [2.24, 2.45) is 16.1 Å². The number of carbonyl (C=O) groups is 2. The number of carbonyl (C=O) groups excluding carboxylic acids is 2. The van der Waals surface area contributed by atoms with Crippen LogP contribution in [0.25, 0.3) is 0 Å². The minimum absolute atomic E-state index is 0.0394. The summed E-state index contributed by atoms with van der Waals surface area (Å²) in [5.74, 6) is 1.83. The van der Waals surface area contributed by atoms with E-state index in [0.717, 1.165) is 44.3 Å². The molecule has 0 saturated carbocycles. The first-order chi connectivity index (χ1) is 20.6. The molecule has 2 aromatic heterocycles. The standard InChI is InChI=1S/C32H40N8O3/c1-21-8-14-35-26(20-21)38-30(41)22-4-6-24(7-5-22)43-25-9-15-36-28(33)27(25)29(34)37-23-10-16-40(17-11-23)31(42)32(2)12-18-39(3)19-13-32/h4-9,14-15,20,23H,10-13,16-19H2,1-3H3,(H2,33,36)(H2,34,37)(H,35,38,41). The molecule has 43 heavy (non-hydrogen) atoms. The van der Waals surface area contributed by atoms with Crippen molar-refractivity contribution < 1.29 is 14.3 Å². The van der Waals surface area contributed by atoms with E-state index >= 15 is 0 Å². The number of aromatic nitrogens is 2. The van der Waals surface area contributed by atoms with Gasteiger partial charge < -0.3 is 31.3 Å². The lowest BCUT2D eigenvalue weighted by Gasteiger charge is -2.41. The van der Waals surface area contributed by atoms with Crippen molar-refractivity contribution in [2.75, 3.05) is 44.3 Å². The molecular formula is C32H40N8O3. The Labute approximate surface area is 252 Å². The highest BCUT2D eigenvalue weighted by Gasteiger charge is 2.39. The zero-order chi connectivity index (χ0) is 30.6. The van der Waals surface area contributed by atoms with Gasteiger partial charge in [-0.15, -0.1) is 0 Å². The van der Waals surface area contributed by atoms with Gasteiger partial charge in [-0.2, -0.15) is 0 Å². The first-order valence-electron chi connectivity index (χ1n) is 14.7. The van der Waals surface area contributed by atoms with E-state index in [1.807, 2.05) is 17.9 Å². The fraction of sp³-hybridized carbons (Fsp3) is 0.406. The van der Waals surface area contributed by atoms with Gasteiger partial charge in [0.1, 0.15) is 34.5 Å². The van der Waals surface area contributed by atoms with Crippen LogP contribution in [-0.2, 0) is 4.79 Å². The molecule has 3 aromatic rings. The van der Waals surface area contributed by atoms with Gasteiger partial charge in [0.05, 0.1) is 6.04 Å². The molecule has 0 spiro atoms. The Hall–Kier alpha value is -4.51. The highest BCUT2D eigenvalue weighted by molar-refractivity contribution is 6.04. The number of ether oxygens (including phenoxy) is 1. The van der Waals surface area contributed by atoms with Gasteiger partial charge in [-0.05, 0) is 94.7 Å². The third-order valence-corrected chi connectivity index (χ3v) is 8.38. The molecule has 2 saturated heterocycles. The SMILES string of the molecule is Cc1ccnc(NC(=O)c2ccc(Oc3ccnc(N)c3C(N)=NC3CCN(C(=O)C4(C)CCN(C)CC4)CC3)cc2)c1. The second-order valence-electron chi connectivity index (χ2n) is 11.8. The Morgan fingerprint density at radius 2 is 1.70 bits per heavy atom. The molecule has 0 bridgehead atoms. The van der Waals surface area contributed by atoms with Crippen LogP contribution in [0, 0.1) is 12.3 Å². The number of nitrogens with one attached hydrogen (secondary N) is 1. The average Bonchev–Trinajstić information content (AvgIpc) is 2.99. The maximum Gasteiger partial charge on any atom is 0.256 e. The summed E-state index contributed by atoms with van der Waals surface area (Å²) in [6.45, 7) is 7.23. The van der Waals surface area contributed by atoms with Crippen LogP contribution in [-0.4, -0.2) is 76.7 Å². The topological polar surface area (TPSA) is 152 Å². The number of piperidine rings is 2. The summed E-state index contributed by atoms with van der Waals surface area (Å²) in [5, 5.41) is 2.80. The monoisotopic (exact) mass is 584 g/mol. The number of nitrogens with zero attached hydrogens (tertiary/aromatic N) is 5. The number of hydrogen-bond donors (Lipinski definition) is 3. The number of anilines is 2. The number of amides is 2. The number of amidine groups is 1. The highest BCUT2D eigenvalue weighted by atomic mass is 16.5. The molecule has 0 atom stereocenters. The Morgan fingerprint density at radius 1 is 1.02 bits per heavy atom. The van der Waals surface area contributed by atoms with Crippen molar-refractivity contribution in [3.05, 3.63) is 71.5 Å². The van der Waals surface area contributed by atoms with Crippen molar-refractivity contribution in [3.63, 3.8) is 0 Å². The maximum atomic E-state index is 13.3. The zero-order valence-corrected chi connectivity index (χ0v) is 25.0. The number of nitrogen functional groups attached to an aromatic ring is 1. The van der Waals surface area contributed by atoms with Gasteiger partial charge in [0, 0.05) is 42.5 Å². The van der Waals surface area contributed by atoms with Gasteiger partial charge >= 0.3 is 0 Å². The van der Waals surface area contributed by atoms with Crippen molar-refractivity contribution in [1.82, 2.24) is 19.8 Å². The van der Waals surface area contributed by atoms with Gasteiger partial charge in [-0.1, -0.05) is 6.92 Å². The number of aryl methyl sites for hydroxylation is 1. The summed E-state index contributed by atoms with van der Waals surface area (Å²) < 4.78 is 6.12. The minimum Gasteiger partial charge on any atom is -0.456 e. The van der Waals surface area contributed by atoms with Crippen LogP contribution in [0.3, 0.4) is 0 Å². The van der Waals surface area contributed by atoms with E-state index in [9.17, 15) is 9.59 Å². The molecule has 0 radical (unpaired) electrons. The smallest absolute Gasteiger partial charge is 0.256 e. The Balaban J connectivity index is 1.22. The summed E-state index contributed by atoms with van der Waals surface area (Å²) in [5.41, 5.74) is 14.3. The van der Waals surface area contributed by atoms with Gasteiger partial charge in [-0.3, -0.25) is 14.6 Å². The molecule has 5 rings (SSSR count). The molecule has 0 aliphatic carbocycles. The lowest BCUT2D eigenvalue weighted by molar-refractivity contribution is -0.144. The summed E-state index contributed by atoms with van der Waals surface area (Å²) in [7, 11) is 2.10. The molecule has 226 valence electrons. The third-order valence-electron chi connectivity index (χ3n) is 8.38. The van der Waals surface area contributed by atoms with Crippen LogP contribution in [0.5, 0.6) is 11.5 Å². The lowest BCUT2D eigenvalue weighted by Crippen LogP contribution is -2.50. The lowest BCUT2D eigenvalue weighted by atomic mass is 9.78. The largest absolute Gasteiger partial charge is 0.456 e. The molecule has 0 unspecified atom stereocenters. The van der Waals surface area contributed by atoms with E-state index in [-0.39, 0.29) is 34.9 Å². The van der Waals surface area contributed by atoms with Crippen molar-refractivity contribution in [3.8, 4) is 11.5 Å². The van der Waals surface area contributed by atoms with Crippen LogP contribution in [0.1, 0.15) is 54.1 Å². The molecule has 5 N–H and O–H groups in total. The molecule has 2 aliphatic rings. The highest BCUT2D eigenvalue weighted by Crippen LogP contribution is 2.34. The van der Waals surface area contributed by atoms with E-state index in [1.54, 1.807) is 48.8 Å². The Bertz CT molecular complexity index is 1490. The van der Waals surface area contributed by atoms with E-state index in [0.29, 0.717) is 41.5 Å². The second kappa shape index (κ2) is 12.8. The van der Waals surface area contributed by atoms with Crippen molar-refractivity contribution in [1.29, 1.82) is 0 Å². The first kappa shape index (κ1) is 30.0. The van der Waals surface area contributed by atoms with E-state index in [2.05, 4.69) is 34.2 Å². The maximum absolute atomic E-state index is 13.3. The number of pyridine rings is 2. The zero-order valence-electron chi connectivity index (χ0n) is 25.0. The Kier molecular flexibility index (Phi) is 8.91. The van der Waals surface area contributed by atoms with Gasteiger partial charge in [0.25, 0.3) is 5.91 Å². The normalized spacial score (nSPS) is 17.8. The molecule has 4 heterocycles. The minimum atomic E-state index is -0.293. The van der Waals surface area contributed by atoms with Crippen LogP contribution in [0.15, 0.2) is 59.9 Å². The third kappa shape index (κ3) is 7.11. The van der Waals surface area contributed by atoms with Crippen LogP contribution >= 0.6 is 0 Å². The van der Waals surface area contributed by atoms with E-state index in [1.165, 1.54) is 0 Å². The second-order valence-corrected chi connectivity index (χ2v) is 11.8. The van der Waals surface area contributed by atoms with E-state index in [4.69, 9.17) is 21.2 Å². The fourth-order valence-corrected chi connectivity index (χ4v) is 5.56. The van der Waals surface area contributed by atoms with Crippen LogP contribution in [0.2, 0.25) is 0 Å². The number of nitrogens with two attached hydrogens (primary N) is 2. The first-order valence-corrected chi connectivity index (χ1v) is 14.7. The summed E-state index contributed by atoms with van der Waals surface area (Å²) in [6, 6.07) is 12.0. The number of hydrogen-bond acceptors (Lipinski definition) is 8.